The SMILES string of the molecule is CC(C)(O)c1ncc(-c2ccc3ncc(Cl)c(NC(CCF)c4ccccc4F)c3c2)cn1. The van der Waals surface area contributed by atoms with Gasteiger partial charge in [-0.3, -0.25) is 9.37 Å². The number of aliphatic hydroxyl groups is 1. The standard InChI is InChI=1S/C25H23ClF2N4O/c1-25(2,33)24-30-12-16(13-31-24)15-7-8-21-18(11-15)23(19(26)14-29-21)32-22(9-10-27)17-5-3-4-6-20(17)28/h3-8,11-14,22,33H,9-10H2,1-2H3,(H,29,32). The van der Waals surface area contributed by atoms with Crippen LogP contribution >= 0.6 is 11.6 Å². The summed E-state index contributed by atoms with van der Waals surface area (Å²) in [4.78, 5) is 12.9. The average molecular weight is 469 g/mol. The van der Waals surface area contributed by atoms with Crippen molar-refractivity contribution in [2.24, 2.45) is 0 Å². The van der Waals surface area contributed by atoms with Crippen LogP contribution < -0.4 is 5.32 Å². The molecule has 0 radical (unpaired) electrons. The van der Waals surface area contributed by atoms with Crippen molar-refractivity contribution in [3.05, 3.63) is 83.3 Å². The number of pyridine rings is 1. The summed E-state index contributed by atoms with van der Waals surface area (Å²) in [6.07, 6.45) is 4.86. The van der Waals surface area contributed by atoms with Crippen LogP contribution in [0.2, 0.25) is 5.02 Å². The molecule has 5 nitrogen and oxygen atoms in total. The van der Waals surface area contributed by atoms with Gasteiger partial charge in [0.25, 0.3) is 0 Å². The normalized spacial score (nSPS) is 12.7. The molecule has 4 rings (SSSR count). The van der Waals surface area contributed by atoms with Gasteiger partial charge in [-0.2, -0.15) is 0 Å². The number of hydrogen-bond donors (Lipinski definition) is 2. The van der Waals surface area contributed by atoms with E-state index < -0.39 is 24.1 Å². The van der Waals surface area contributed by atoms with E-state index in [1.54, 1.807) is 44.4 Å². The Hall–Kier alpha value is -3.16. The summed E-state index contributed by atoms with van der Waals surface area (Å²) in [5.74, 6) is -0.0965. The second kappa shape index (κ2) is 9.37. The summed E-state index contributed by atoms with van der Waals surface area (Å²) in [5, 5.41) is 14.4. The van der Waals surface area contributed by atoms with Crippen molar-refractivity contribution in [2.75, 3.05) is 12.0 Å². The van der Waals surface area contributed by atoms with E-state index in [4.69, 9.17) is 11.6 Å². The summed E-state index contributed by atoms with van der Waals surface area (Å²) < 4.78 is 27.8. The molecule has 8 heteroatoms. The predicted molar refractivity (Wildman–Crippen MR) is 126 cm³/mol. The van der Waals surface area contributed by atoms with Crippen LogP contribution in [0, 0.1) is 5.82 Å². The van der Waals surface area contributed by atoms with Crippen LogP contribution in [0.4, 0.5) is 14.5 Å². The number of rotatable bonds is 7. The minimum atomic E-state index is -1.14. The number of alkyl halides is 1. The lowest BCUT2D eigenvalue weighted by Crippen LogP contribution is -2.19. The maximum absolute atomic E-state index is 14.4. The van der Waals surface area contributed by atoms with E-state index in [1.165, 1.54) is 12.3 Å². The molecule has 0 aliphatic carbocycles. The molecule has 4 aromatic rings. The zero-order valence-electron chi connectivity index (χ0n) is 18.2. The lowest BCUT2D eigenvalue weighted by Gasteiger charge is -2.22. The van der Waals surface area contributed by atoms with Crippen molar-refractivity contribution < 1.29 is 13.9 Å². The molecule has 0 spiro atoms. The Kier molecular flexibility index (Phi) is 6.54. The Labute approximate surface area is 195 Å². The van der Waals surface area contributed by atoms with Gasteiger partial charge in [0.2, 0.25) is 0 Å². The number of hydrogen-bond acceptors (Lipinski definition) is 5. The molecule has 0 aliphatic rings. The number of nitrogens with one attached hydrogen (secondary N) is 1. The lowest BCUT2D eigenvalue weighted by molar-refractivity contribution is 0.0687. The van der Waals surface area contributed by atoms with E-state index >= 15 is 0 Å². The molecule has 0 saturated carbocycles. The summed E-state index contributed by atoms with van der Waals surface area (Å²) in [5.41, 5.74) is 1.98. The van der Waals surface area contributed by atoms with Gasteiger partial charge in [-0.15, -0.1) is 0 Å². The molecule has 33 heavy (non-hydrogen) atoms. The Morgan fingerprint density at radius 3 is 2.42 bits per heavy atom. The molecule has 0 fully saturated rings. The predicted octanol–water partition coefficient (Wildman–Crippen LogP) is 6.22. The molecule has 0 amide bonds. The highest BCUT2D eigenvalue weighted by molar-refractivity contribution is 6.34. The largest absolute Gasteiger partial charge is 0.382 e. The Bertz CT molecular complexity index is 1280. The Balaban J connectivity index is 1.77. The maximum Gasteiger partial charge on any atom is 0.159 e. The highest BCUT2D eigenvalue weighted by Crippen LogP contribution is 2.36. The fourth-order valence-corrected chi connectivity index (χ4v) is 3.84. The monoisotopic (exact) mass is 468 g/mol. The van der Waals surface area contributed by atoms with Gasteiger partial charge in [0.05, 0.1) is 28.9 Å². The van der Waals surface area contributed by atoms with Gasteiger partial charge >= 0.3 is 0 Å². The second-order valence-electron chi connectivity index (χ2n) is 8.26. The van der Waals surface area contributed by atoms with Crippen molar-refractivity contribution in [3.8, 4) is 11.1 Å². The fraction of sp³-hybridized carbons (Fsp3) is 0.240. The third-order valence-electron chi connectivity index (χ3n) is 5.35. The van der Waals surface area contributed by atoms with Gasteiger partial charge in [-0.25, -0.2) is 14.4 Å². The van der Waals surface area contributed by atoms with Crippen LogP contribution in [-0.4, -0.2) is 26.7 Å². The summed E-state index contributed by atoms with van der Waals surface area (Å²) >= 11 is 6.48. The summed E-state index contributed by atoms with van der Waals surface area (Å²) in [6, 6.07) is 11.3. The smallest absolute Gasteiger partial charge is 0.159 e. The van der Waals surface area contributed by atoms with Gasteiger partial charge in [0.15, 0.2) is 5.82 Å². The molecule has 1 atom stereocenters. The number of anilines is 1. The zero-order valence-corrected chi connectivity index (χ0v) is 18.9. The Morgan fingerprint density at radius 2 is 1.76 bits per heavy atom. The third kappa shape index (κ3) is 4.94. The van der Waals surface area contributed by atoms with E-state index in [0.717, 1.165) is 11.1 Å². The molecule has 2 N–H and O–H groups in total. The molecule has 2 heterocycles. The van der Waals surface area contributed by atoms with Gasteiger partial charge in [-0.05, 0) is 37.6 Å². The highest BCUT2D eigenvalue weighted by Gasteiger charge is 2.20. The minimum Gasteiger partial charge on any atom is -0.382 e. The third-order valence-corrected chi connectivity index (χ3v) is 5.64. The van der Waals surface area contributed by atoms with Crippen molar-refractivity contribution in [1.82, 2.24) is 15.0 Å². The first kappa shape index (κ1) is 23.0. The van der Waals surface area contributed by atoms with Crippen molar-refractivity contribution >= 4 is 28.2 Å². The first-order valence-corrected chi connectivity index (χ1v) is 10.9. The van der Waals surface area contributed by atoms with E-state index in [2.05, 4.69) is 20.3 Å². The van der Waals surface area contributed by atoms with Crippen LogP contribution in [0.5, 0.6) is 0 Å². The summed E-state index contributed by atoms with van der Waals surface area (Å²) in [7, 11) is 0. The van der Waals surface area contributed by atoms with Crippen LogP contribution in [0.25, 0.3) is 22.0 Å². The van der Waals surface area contributed by atoms with Gasteiger partial charge in [0.1, 0.15) is 11.4 Å². The average Bonchev–Trinajstić information content (AvgIpc) is 2.80. The molecule has 170 valence electrons. The van der Waals surface area contributed by atoms with Crippen molar-refractivity contribution in [2.45, 2.75) is 31.9 Å². The summed E-state index contributed by atoms with van der Waals surface area (Å²) in [6.45, 7) is 2.61. The first-order valence-electron chi connectivity index (χ1n) is 10.5. The molecule has 0 saturated heterocycles. The van der Waals surface area contributed by atoms with E-state index in [0.29, 0.717) is 33.0 Å². The van der Waals surface area contributed by atoms with Crippen LogP contribution in [0.15, 0.2) is 61.1 Å². The number of aromatic nitrogens is 3. The zero-order chi connectivity index (χ0) is 23.6. The molecule has 2 aromatic heterocycles. The second-order valence-corrected chi connectivity index (χ2v) is 8.67. The van der Waals surface area contributed by atoms with E-state index in [-0.39, 0.29) is 6.42 Å². The van der Waals surface area contributed by atoms with Gasteiger partial charge in [0, 0.05) is 41.5 Å². The van der Waals surface area contributed by atoms with Crippen LogP contribution in [0.3, 0.4) is 0 Å². The number of fused-ring (bicyclic) bond motifs is 1. The molecule has 0 aliphatic heterocycles. The van der Waals surface area contributed by atoms with Crippen molar-refractivity contribution in [1.29, 1.82) is 0 Å². The fourth-order valence-electron chi connectivity index (χ4n) is 3.63. The minimum absolute atomic E-state index is 0.0764. The molecular weight excluding hydrogens is 446 g/mol. The molecule has 1 unspecified atom stereocenters. The van der Waals surface area contributed by atoms with Crippen LogP contribution in [0.1, 0.15) is 37.7 Å². The van der Waals surface area contributed by atoms with Gasteiger partial charge in [-0.1, -0.05) is 35.9 Å². The topological polar surface area (TPSA) is 70.9 Å². The Morgan fingerprint density at radius 1 is 1.03 bits per heavy atom. The molecule has 2 aromatic carbocycles. The van der Waals surface area contributed by atoms with Crippen LogP contribution in [-0.2, 0) is 5.60 Å². The van der Waals surface area contributed by atoms with Crippen molar-refractivity contribution in [3.63, 3.8) is 0 Å². The van der Waals surface area contributed by atoms with Gasteiger partial charge < -0.3 is 10.4 Å². The number of halogens is 3. The van der Waals surface area contributed by atoms with E-state index in [9.17, 15) is 13.9 Å². The quantitative estimate of drug-likeness (QED) is 0.336. The maximum atomic E-state index is 14.4. The van der Waals surface area contributed by atoms with E-state index in [1.807, 2.05) is 18.2 Å². The first-order chi connectivity index (χ1) is 15.8. The molecular formula is C25H23ClF2N4O. The molecule has 0 bridgehead atoms. The highest BCUT2D eigenvalue weighted by atomic mass is 35.5. The lowest BCUT2D eigenvalue weighted by atomic mass is 10.0. The number of nitrogens with zero attached hydrogens (tertiary/aromatic N) is 3. The number of benzene rings is 2.